The first-order valence-corrected chi connectivity index (χ1v) is 15.8. The van der Waals surface area contributed by atoms with Crippen LogP contribution in [-0.2, 0) is 0 Å². The summed E-state index contributed by atoms with van der Waals surface area (Å²) in [4.78, 5) is 40.3. The van der Waals surface area contributed by atoms with Crippen LogP contribution in [0.15, 0.2) is 78.9 Å². The average Bonchev–Trinajstić information content (AvgIpc) is 3.10. The number of pyridine rings is 1. The first-order valence-electron chi connectivity index (χ1n) is 15.8. The number of methoxy groups -OCH3 is 2. The van der Waals surface area contributed by atoms with Crippen molar-refractivity contribution in [1.29, 1.82) is 0 Å². The molecule has 3 aromatic carbocycles. The van der Waals surface area contributed by atoms with Crippen molar-refractivity contribution in [3.05, 3.63) is 95.6 Å². The van der Waals surface area contributed by atoms with Crippen molar-refractivity contribution in [2.45, 2.75) is 0 Å². The number of hydrogen-bond donors (Lipinski definition) is 0. The predicted molar refractivity (Wildman–Crippen MR) is 184 cm³/mol. The van der Waals surface area contributed by atoms with E-state index in [1.807, 2.05) is 48.5 Å². The van der Waals surface area contributed by atoms with Gasteiger partial charge in [0.1, 0.15) is 5.82 Å². The van der Waals surface area contributed by atoms with Crippen LogP contribution in [-0.4, -0.2) is 107 Å². The van der Waals surface area contributed by atoms with Gasteiger partial charge in [0.05, 0.1) is 26.3 Å². The van der Waals surface area contributed by atoms with E-state index in [4.69, 9.17) is 14.5 Å². The van der Waals surface area contributed by atoms with Gasteiger partial charge in [-0.2, -0.15) is 0 Å². The molecule has 2 aliphatic heterocycles. The van der Waals surface area contributed by atoms with Gasteiger partial charge in [0.2, 0.25) is 0 Å². The van der Waals surface area contributed by atoms with Crippen LogP contribution in [0.2, 0.25) is 0 Å². The summed E-state index contributed by atoms with van der Waals surface area (Å²) < 4.78 is 10.6. The lowest BCUT2D eigenvalue weighted by Gasteiger charge is -2.35. The zero-order valence-corrected chi connectivity index (χ0v) is 26.8. The van der Waals surface area contributed by atoms with Gasteiger partial charge in [0.15, 0.2) is 23.1 Å². The number of Topliss-reactive ketones (excluding diaryl/α,β-unsaturated/α-hetero) is 1. The topological polar surface area (TPSA) is 78.5 Å². The molecule has 9 nitrogen and oxygen atoms in total. The summed E-state index contributed by atoms with van der Waals surface area (Å²) in [6.07, 6.45) is 3.57. The van der Waals surface area contributed by atoms with E-state index < -0.39 is 0 Å². The van der Waals surface area contributed by atoms with Gasteiger partial charge < -0.3 is 24.2 Å². The maximum atomic E-state index is 13.2. The number of fused-ring (bicyclic) bond motifs is 1. The Labute approximate surface area is 270 Å². The van der Waals surface area contributed by atoms with Crippen LogP contribution < -0.4 is 19.3 Å². The molecule has 6 rings (SSSR count). The average molecular weight is 620 g/mol. The number of benzene rings is 3. The minimum absolute atomic E-state index is 0.0393. The fourth-order valence-corrected chi connectivity index (χ4v) is 6.08. The van der Waals surface area contributed by atoms with Crippen LogP contribution in [0.1, 0.15) is 26.3 Å². The summed E-state index contributed by atoms with van der Waals surface area (Å²) >= 11 is 0. The second-order valence-corrected chi connectivity index (χ2v) is 11.9. The Morgan fingerprint density at radius 1 is 0.761 bits per heavy atom. The van der Waals surface area contributed by atoms with Crippen molar-refractivity contribution in [1.82, 2.24) is 14.8 Å². The maximum absolute atomic E-state index is 13.2. The lowest BCUT2D eigenvalue weighted by molar-refractivity contribution is 0.0925. The number of carbonyl (C=O) groups excluding carboxylic acids is 2. The summed E-state index contributed by atoms with van der Waals surface area (Å²) in [6.45, 7) is 7.28. The molecule has 1 aromatic heterocycles. The highest BCUT2D eigenvalue weighted by atomic mass is 16.5. The number of ether oxygens (including phenoxy) is 2. The van der Waals surface area contributed by atoms with E-state index in [0.717, 1.165) is 80.3 Å². The Balaban J connectivity index is 1.07. The fourth-order valence-electron chi connectivity index (χ4n) is 6.08. The molecule has 238 valence electrons. The molecule has 9 heteroatoms. The molecule has 0 aliphatic carbocycles. The Hall–Kier alpha value is -4.73. The van der Waals surface area contributed by atoms with Crippen molar-refractivity contribution in [2.75, 3.05) is 90.0 Å². The number of anilines is 2. The Morgan fingerprint density at radius 3 is 2.15 bits per heavy atom. The van der Waals surface area contributed by atoms with E-state index in [9.17, 15) is 9.59 Å². The largest absolute Gasteiger partial charge is 0.493 e. The molecule has 0 saturated carbocycles. The molecule has 0 spiro atoms. The van der Waals surface area contributed by atoms with Crippen molar-refractivity contribution in [2.24, 2.45) is 0 Å². The number of rotatable bonds is 10. The lowest BCUT2D eigenvalue weighted by atomic mass is 10.1. The summed E-state index contributed by atoms with van der Waals surface area (Å²) in [6, 6.07) is 23.3. The van der Waals surface area contributed by atoms with Gasteiger partial charge in [-0.1, -0.05) is 18.2 Å². The first kappa shape index (κ1) is 31.3. The smallest absolute Gasteiger partial charge is 0.185 e. The normalized spacial score (nSPS) is 16.2. The molecule has 4 aromatic rings. The molecule has 2 fully saturated rings. The summed E-state index contributed by atoms with van der Waals surface area (Å²) in [5, 5.41) is 1.06. The van der Waals surface area contributed by atoms with Gasteiger partial charge in [-0.15, -0.1) is 0 Å². The van der Waals surface area contributed by atoms with E-state index in [0.29, 0.717) is 29.2 Å². The minimum atomic E-state index is -0.0393. The van der Waals surface area contributed by atoms with E-state index in [1.165, 1.54) is 0 Å². The standard InChI is InChI=1S/C37H41N5O4/c1-39-16-20-42(21-17-39)37-30(24-28-6-4-5-7-32(28)38-37)10-14-33(43)27-8-12-31(13-9-27)41-22-18-40(19-23-41)26-34(44)29-11-15-35(45-2)36(25-29)46-3/h4-15,24-25H,16-23,26H2,1-3H3/b14-10+. The van der Waals surface area contributed by atoms with Crippen LogP contribution in [0.3, 0.4) is 0 Å². The van der Waals surface area contributed by atoms with Crippen LogP contribution in [0.5, 0.6) is 11.5 Å². The highest BCUT2D eigenvalue weighted by Gasteiger charge is 2.22. The van der Waals surface area contributed by atoms with E-state index in [1.54, 1.807) is 38.5 Å². The van der Waals surface area contributed by atoms with Crippen LogP contribution in [0.25, 0.3) is 17.0 Å². The molecule has 0 atom stereocenters. The van der Waals surface area contributed by atoms with Gasteiger partial charge in [-0.3, -0.25) is 14.5 Å². The Morgan fingerprint density at radius 2 is 1.43 bits per heavy atom. The SMILES string of the molecule is COc1ccc(C(=O)CN2CCN(c3ccc(C(=O)/C=C/c4cc5ccccc5nc4N4CCN(C)CC4)cc3)CC2)cc1OC. The van der Waals surface area contributed by atoms with E-state index >= 15 is 0 Å². The van der Waals surface area contributed by atoms with Crippen molar-refractivity contribution >= 4 is 40.1 Å². The number of ketones is 2. The second kappa shape index (κ2) is 14.1. The highest BCUT2D eigenvalue weighted by molar-refractivity contribution is 6.07. The predicted octanol–water partition coefficient (Wildman–Crippen LogP) is 4.90. The molecule has 0 radical (unpaired) electrons. The number of carbonyl (C=O) groups is 2. The molecule has 2 saturated heterocycles. The molecule has 0 N–H and O–H groups in total. The monoisotopic (exact) mass is 619 g/mol. The molecular weight excluding hydrogens is 578 g/mol. The minimum Gasteiger partial charge on any atom is -0.493 e. The Kier molecular flexibility index (Phi) is 9.61. The number of aromatic nitrogens is 1. The Bertz CT molecular complexity index is 1720. The van der Waals surface area contributed by atoms with Gasteiger partial charge >= 0.3 is 0 Å². The third-order valence-corrected chi connectivity index (χ3v) is 8.91. The van der Waals surface area contributed by atoms with Crippen LogP contribution >= 0.6 is 0 Å². The number of allylic oxidation sites excluding steroid dienone is 1. The quantitative estimate of drug-likeness (QED) is 0.182. The van der Waals surface area contributed by atoms with E-state index in [2.05, 4.69) is 38.8 Å². The summed E-state index contributed by atoms with van der Waals surface area (Å²) in [5.41, 5.74) is 4.25. The molecule has 0 unspecified atom stereocenters. The molecule has 0 amide bonds. The molecule has 2 aliphatic rings. The van der Waals surface area contributed by atoms with Gasteiger partial charge in [0, 0.05) is 80.1 Å². The van der Waals surface area contributed by atoms with Crippen molar-refractivity contribution in [3.63, 3.8) is 0 Å². The number of nitrogens with zero attached hydrogens (tertiary/aromatic N) is 5. The zero-order chi connectivity index (χ0) is 32.0. The first-order chi connectivity index (χ1) is 22.4. The lowest BCUT2D eigenvalue weighted by Crippen LogP contribution is -2.48. The second-order valence-electron chi connectivity index (χ2n) is 11.9. The fraction of sp³-hybridized carbons (Fsp3) is 0.324. The number of piperazine rings is 2. The van der Waals surface area contributed by atoms with E-state index in [-0.39, 0.29) is 11.6 Å². The number of hydrogen-bond acceptors (Lipinski definition) is 9. The third kappa shape index (κ3) is 7.06. The summed E-state index contributed by atoms with van der Waals surface area (Å²) in [5.74, 6) is 2.10. The molecule has 46 heavy (non-hydrogen) atoms. The zero-order valence-electron chi connectivity index (χ0n) is 26.8. The highest BCUT2D eigenvalue weighted by Crippen LogP contribution is 2.29. The van der Waals surface area contributed by atoms with Crippen molar-refractivity contribution < 1.29 is 19.1 Å². The van der Waals surface area contributed by atoms with Crippen LogP contribution in [0.4, 0.5) is 11.5 Å². The van der Waals surface area contributed by atoms with Crippen molar-refractivity contribution in [3.8, 4) is 11.5 Å². The molecule has 0 bridgehead atoms. The molecular formula is C37H41N5O4. The van der Waals surface area contributed by atoms with Crippen LogP contribution in [0, 0.1) is 0 Å². The van der Waals surface area contributed by atoms with Gasteiger partial charge in [0.25, 0.3) is 0 Å². The number of likely N-dealkylation sites (N-methyl/N-ethyl adjacent to an activating group) is 1. The van der Waals surface area contributed by atoms with Gasteiger partial charge in [-0.05, 0) is 73.8 Å². The summed E-state index contributed by atoms with van der Waals surface area (Å²) in [7, 11) is 5.29. The van der Waals surface area contributed by atoms with Gasteiger partial charge in [-0.25, -0.2) is 4.98 Å². The molecule has 3 heterocycles. The maximum Gasteiger partial charge on any atom is 0.185 e. The third-order valence-electron chi connectivity index (χ3n) is 8.91. The number of para-hydroxylation sites is 1.